The lowest BCUT2D eigenvalue weighted by atomic mass is 10.1. The number of carbonyl (C=O) groups is 2. The molecular formula is C29H29ClN4O5S. The van der Waals surface area contributed by atoms with E-state index in [-0.39, 0.29) is 19.0 Å². The summed E-state index contributed by atoms with van der Waals surface area (Å²) >= 11 is 5.91. The molecule has 9 nitrogen and oxygen atoms in total. The van der Waals surface area contributed by atoms with Crippen molar-refractivity contribution < 1.29 is 23.1 Å². The Morgan fingerprint density at radius 3 is 2.25 bits per heavy atom. The maximum atomic E-state index is 12.6. The quantitative estimate of drug-likeness (QED) is 0.352. The molecule has 3 aromatic rings. The van der Waals surface area contributed by atoms with E-state index >= 15 is 0 Å². The van der Waals surface area contributed by atoms with E-state index in [0.717, 1.165) is 16.8 Å². The molecule has 0 aromatic heterocycles. The van der Waals surface area contributed by atoms with Crippen LogP contribution in [0.4, 0.5) is 5.69 Å². The van der Waals surface area contributed by atoms with Crippen LogP contribution in [0.15, 0.2) is 72.8 Å². The van der Waals surface area contributed by atoms with Crippen molar-refractivity contribution in [2.24, 2.45) is 0 Å². The standard InChI is InChI=1S/C29H29ClN4O5S/c1-21(29(36)37)32-40(38,39)34-17-15-33(16-18-34)27-13-9-22(10-14-27)5-6-23-3-2-4-25(19-23)28(35)31-20-24-7-11-26(30)12-8-24/h2-4,7-14,19,21,32H,15-18,20H2,1H3,(H,31,35)(H,36,37)/t21-/m1/s1. The molecule has 3 N–H and O–H groups in total. The van der Waals surface area contributed by atoms with Gasteiger partial charge in [-0.3, -0.25) is 9.59 Å². The number of hydrogen-bond acceptors (Lipinski definition) is 5. The number of carbonyl (C=O) groups excluding carboxylic acids is 1. The summed E-state index contributed by atoms with van der Waals surface area (Å²) in [6.07, 6.45) is 0. The lowest BCUT2D eigenvalue weighted by Gasteiger charge is -2.35. The molecule has 1 aliphatic heterocycles. The molecule has 1 fully saturated rings. The van der Waals surface area contributed by atoms with Crippen LogP contribution in [0.1, 0.15) is 34.0 Å². The van der Waals surface area contributed by atoms with Gasteiger partial charge in [-0.2, -0.15) is 17.4 Å². The highest BCUT2D eigenvalue weighted by Gasteiger charge is 2.29. The first kappa shape index (κ1) is 29.1. The maximum Gasteiger partial charge on any atom is 0.321 e. The zero-order chi connectivity index (χ0) is 28.7. The lowest BCUT2D eigenvalue weighted by molar-refractivity contribution is -0.138. The van der Waals surface area contributed by atoms with Gasteiger partial charge < -0.3 is 15.3 Å². The van der Waals surface area contributed by atoms with Crippen LogP contribution in [0.2, 0.25) is 5.02 Å². The fourth-order valence-corrected chi connectivity index (χ4v) is 5.53. The number of nitrogens with zero attached hydrogens (tertiary/aromatic N) is 2. The molecule has 1 heterocycles. The summed E-state index contributed by atoms with van der Waals surface area (Å²) in [7, 11) is -3.87. The third kappa shape index (κ3) is 7.83. The Kier molecular flexibility index (Phi) is 9.45. The van der Waals surface area contributed by atoms with Gasteiger partial charge in [-0.25, -0.2) is 0 Å². The molecule has 1 atom stereocenters. The number of anilines is 1. The monoisotopic (exact) mass is 580 g/mol. The van der Waals surface area contributed by atoms with Crippen LogP contribution >= 0.6 is 11.6 Å². The van der Waals surface area contributed by atoms with Crippen molar-refractivity contribution in [2.45, 2.75) is 19.5 Å². The summed E-state index contributed by atoms with van der Waals surface area (Å²) < 4.78 is 28.3. The van der Waals surface area contributed by atoms with Gasteiger partial charge in [-0.1, -0.05) is 41.6 Å². The van der Waals surface area contributed by atoms with E-state index in [2.05, 4.69) is 26.8 Å². The fraction of sp³-hybridized carbons (Fsp3) is 0.241. The number of piperazine rings is 1. The van der Waals surface area contributed by atoms with Gasteiger partial charge in [0.1, 0.15) is 6.04 Å². The summed E-state index contributed by atoms with van der Waals surface area (Å²) in [5.74, 6) is 4.80. The Morgan fingerprint density at radius 1 is 0.950 bits per heavy atom. The van der Waals surface area contributed by atoms with E-state index in [4.69, 9.17) is 16.7 Å². The highest BCUT2D eigenvalue weighted by atomic mass is 35.5. The van der Waals surface area contributed by atoms with E-state index in [1.165, 1.54) is 11.2 Å². The Balaban J connectivity index is 1.32. The SMILES string of the molecule is C[C@@H](NS(=O)(=O)N1CCN(c2ccc(C#Cc3cccc(C(=O)NCc4ccc(Cl)cc4)c3)cc2)CC1)C(=O)O. The van der Waals surface area contributed by atoms with Gasteiger partial charge in [0.15, 0.2) is 0 Å². The number of carboxylic acids is 1. The molecule has 0 radical (unpaired) electrons. The van der Waals surface area contributed by atoms with Crippen molar-refractivity contribution in [1.29, 1.82) is 0 Å². The third-order valence-corrected chi connectivity index (χ3v) is 8.30. The highest BCUT2D eigenvalue weighted by molar-refractivity contribution is 7.87. The maximum absolute atomic E-state index is 12.6. The minimum atomic E-state index is -3.87. The number of amides is 1. The zero-order valence-corrected chi connectivity index (χ0v) is 23.4. The number of hydrogen-bond donors (Lipinski definition) is 3. The molecule has 1 amide bonds. The highest BCUT2D eigenvalue weighted by Crippen LogP contribution is 2.18. The largest absolute Gasteiger partial charge is 0.480 e. The second kappa shape index (κ2) is 13.0. The molecular weight excluding hydrogens is 552 g/mol. The van der Waals surface area contributed by atoms with Crippen LogP contribution in [-0.4, -0.2) is 61.9 Å². The van der Waals surface area contributed by atoms with E-state index in [1.807, 2.05) is 42.5 Å². The molecule has 3 aromatic carbocycles. The van der Waals surface area contributed by atoms with Crippen LogP contribution in [0.25, 0.3) is 0 Å². The predicted octanol–water partition coefficient (Wildman–Crippen LogP) is 3.10. The van der Waals surface area contributed by atoms with Gasteiger partial charge >= 0.3 is 5.97 Å². The van der Waals surface area contributed by atoms with Crippen LogP contribution in [0, 0.1) is 11.8 Å². The Morgan fingerprint density at radius 2 is 1.60 bits per heavy atom. The molecule has 0 unspecified atom stereocenters. The first-order valence-corrected chi connectivity index (χ1v) is 14.4. The summed E-state index contributed by atoms with van der Waals surface area (Å²) in [6, 6.07) is 20.9. The average molecular weight is 581 g/mol. The molecule has 0 spiro atoms. The fourth-order valence-electron chi connectivity index (χ4n) is 4.06. The van der Waals surface area contributed by atoms with Crippen molar-refractivity contribution in [2.75, 3.05) is 31.1 Å². The molecule has 1 aliphatic rings. The Labute approximate surface area is 238 Å². The van der Waals surface area contributed by atoms with E-state index in [9.17, 15) is 18.0 Å². The second-order valence-corrected chi connectivity index (χ2v) is 11.4. The van der Waals surface area contributed by atoms with Crippen molar-refractivity contribution in [1.82, 2.24) is 14.3 Å². The Hall–Kier alpha value is -3.88. The minimum absolute atomic E-state index is 0.192. The molecule has 0 aliphatic carbocycles. The van der Waals surface area contributed by atoms with Gasteiger partial charge in [0.25, 0.3) is 16.1 Å². The number of benzene rings is 3. The van der Waals surface area contributed by atoms with Crippen LogP contribution < -0.4 is 14.9 Å². The molecule has 4 rings (SSSR count). The van der Waals surface area contributed by atoms with Crippen LogP contribution in [-0.2, 0) is 21.5 Å². The zero-order valence-electron chi connectivity index (χ0n) is 21.8. The molecule has 40 heavy (non-hydrogen) atoms. The second-order valence-electron chi connectivity index (χ2n) is 9.26. The smallest absolute Gasteiger partial charge is 0.321 e. The Bertz CT molecular complexity index is 1530. The third-order valence-electron chi connectivity index (χ3n) is 6.35. The first-order chi connectivity index (χ1) is 19.1. The number of nitrogens with one attached hydrogen (secondary N) is 2. The number of rotatable bonds is 8. The molecule has 208 valence electrons. The van der Waals surface area contributed by atoms with Crippen molar-refractivity contribution in [3.05, 3.63) is 100 Å². The van der Waals surface area contributed by atoms with Gasteiger partial charge in [-0.15, -0.1) is 0 Å². The molecule has 0 saturated carbocycles. The van der Waals surface area contributed by atoms with Crippen LogP contribution in [0.3, 0.4) is 0 Å². The van der Waals surface area contributed by atoms with Gasteiger partial charge in [0.05, 0.1) is 0 Å². The lowest BCUT2D eigenvalue weighted by Crippen LogP contribution is -2.54. The van der Waals surface area contributed by atoms with Crippen molar-refractivity contribution in [3.63, 3.8) is 0 Å². The number of carboxylic acid groups (broad SMARTS) is 1. The van der Waals surface area contributed by atoms with E-state index in [1.54, 1.807) is 30.3 Å². The van der Waals surface area contributed by atoms with Crippen LogP contribution in [0.5, 0.6) is 0 Å². The molecule has 1 saturated heterocycles. The summed E-state index contributed by atoms with van der Waals surface area (Å²) in [5.41, 5.74) is 3.92. The first-order valence-electron chi connectivity index (χ1n) is 12.6. The van der Waals surface area contributed by atoms with Gasteiger partial charge in [0, 0.05) is 60.1 Å². The van der Waals surface area contributed by atoms with Gasteiger partial charge in [-0.05, 0) is 67.1 Å². The van der Waals surface area contributed by atoms with E-state index < -0.39 is 22.2 Å². The predicted molar refractivity (Wildman–Crippen MR) is 154 cm³/mol. The topological polar surface area (TPSA) is 119 Å². The average Bonchev–Trinajstić information content (AvgIpc) is 2.96. The normalized spacial score (nSPS) is 14.6. The van der Waals surface area contributed by atoms with Crippen molar-refractivity contribution >= 4 is 39.4 Å². The minimum Gasteiger partial charge on any atom is -0.480 e. The molecule has 0 bridgehead atoms. The summed E-state index contributed by atoms with van der Waals surface area (Å²) in [4.78, 5) is 25.6. The van der Waals surface area contributed by atoms with Crippen molar-refractivity contribution in [3.8, 4) is 11.8 Å². The summed E-state index contributed by atoms with van der Waals surface area (Å²) in [6.45, 7) is 3.11. The summed E-state index contributed by atoms with van der Waals surface area (Å²) in [5, 5.41) is 12.5. The van der Waals surface area contributed by atoms with E-state index in [0.29, 0.717) is 35.8 Å². The number of halogens is 1. The number of aliphatic carboxylic acids is 1. The van der Waals surface area contributed by atoms with Gasteiger partial charge in [0.2, 0.25) is 0 Å². The molecule has 11 heteroatoms.